The number of aryl methyl sites for hydroxylation is 1. The number of fused-ring (bicyclic) bond motifs is 1. The monoisotopic (exact) mass is 371 g/mol. The number of pyridine rings is 1. The lowest BCUT2D eigenvalue weighted by atomic mass is 10.0. The van der Waals surface area contributed by atoms with Gasteiger partial charge in [-0.25, -0.2) is 0 Å². The zero-order valence-corrected chi connectivity index (χ0v) is 16.4. The molecular formula is C24H25N3O. The second-order valence-electron chi connectivity index (χ2n) is 7.52. The smallest absolute Gasteiger partial charge is 0.259 e. The summed E-state index contributed by atoms with van der Waals surface area (Å²) in [6, 6.07) is 18.3. The van der Waals surface area contributed by atoms with Crippen molar-refractivity contribution >= 4 is 23.0 Å². The van der Waals surface area contributed by atoms with Crippen molar-refractivity contribution in [2.24, 2.45) is 0 Å². The number of hydrogen-bond donors (Lipinski definition) is 1. The molecule has 4 nitrogen and oxygen atoms in total. The molecular weight excluding hydrogens is 346 g/mol. The maximum absolute atomic E-state index is 13.2. The first-order valence-corrected chi connectivity index (χ1v) is 9.84. The van der Waals surface area contributed by atoms with Crippen LogP contribution in [-0.4, -0.2) is 17.4 Å². The summed E-state index contributed by atoms with van der Waals surface area (Å²) in [5, 5.41) is 3.44. The number of rotatable bonds is 4. The first kappa shape index (κ1) is 18.2. The van der Waals surface area contributed by atoms with Crippen molar-refractivity contribution in [3.63, 3.8) is 0 Å². The van der Waals surface area contributed by atoms with Crippen LogP contribution in [0.2, 0.25) is 0 Å². The lowest BCUT2D eigenvalue weighted by molar-refractivity contribution is 0.0985. The minimum Gasteiger partial charge on any atom is -0.354 e. The molecule has 0 unspecified atom stereocenters. The molecule has 1 N–H and O–H groups in total. The third kappa shape index (κ3) is 3.63. The van der Waals surface area contributed by atoms with E-state index in [9.17, 15) is 4.79 Å². The summed E-state index contributed by atoms with van der Waals surface area (Å²) in [4.78, 5) is 19.4. The van der Waals surface area contributed by atoms with Crippen molar-refractivity contribution in [1.29, 1.82) is 0 Å². The maximum atomic E-state index is 13.2. The van der Waals surface area contributed by atoms with Crippen LogP contribution in [0.1, 0.15) is 47.7 Å². The van der Waals surface area contributed by atoms with Gasteiger partial charge in [0.1, 0.15) is 0 Å². The molecule has 0 aliphatic carbocycles. The van der Waals surface area contributed by atoms with Crippen LogP contribution in [0.25, 0.3) is 0 Å². The number of hydrogen-bond acceptors (Lipinski definition) is 3. The van der Waals surface area contributed by atoms with Gasteiger partial charge in [0.2, 0.25) is 0 Å². The van der Waals surface area contributed by atoms with Crippen LogP contribution in [0.15, 0.2) is 67.0 Å². The van der Waals surface area contributed by atoms with E-state index in [2.05, 4.69) is 42.3 Å². The molecule has 142 valence electrons. The van der Waals surface area contributed by atoms with Crippen molar-refractivity contribution in [2.45, 2.75) is 32.6 Å². The Labute approximate surface area is 166 Å². The van der Waals surface area contributed by atoms with E-state index in [0.717, 1.165) is 36.4 Å². The van der Waals surface area contributed by atoms with E-state index in [4.69, 9.17) is 0 Å². The van der Waals surface area contributed by atoms with Gasteiger partial charge in [-0.1, -0.05) is 50.2 Å². The highest BCUT2D eigenvalue weighted by molar-refractivity contribution is 6.07. The van der Waals surface area contributed by atoms with Gasteiger partial charge in [-0.05, 0) is 48.1 Å². The van der Waals surface area contributed by atoms with Gasteiger partial charge in [0.15, 0.2) is 0 Å². The molecule has 0 saturated carbocycles. The minimum absolute atomic E-state index is 0.000412. The van der Waals surface area contributed by atoms with E-state index in [-0.39, 0.29) is 5.91 Å². The van der Waals surface area contributed by atoms with Crippen molar-refractivity contribution < 1.29 is 4.79 Å². The second-order valence-corrected chi connectivity index (χ2v) is 7.52. The zero-order valence-electron chi connectivity index (χ0n) is 16.4. The number of amides is 1. The molecule has 0 saturated heterocycles. The molecule has 2 heterocycles. The van der Waals surface area contributed by atoms with E-state index in [1.165, 1.54) is 11.1 Å². The van der Waals surface area contributed by atoms with Crippen molar-refractivity contribution in [2.75, 3.05) is 16.8 Å². The molecule has 3 aromatic rings. The zero-order chi connectivity index (χ0) is 19.5. The fourth-order valence-electron chi connectivity index (χ4n) is 3.80. The normalized spacial score (nSPS) is 13.3. The van der Waals surface area contributed by atoms with E-state index in [1.54, 1.807) is 12.4 Å². The summed E-state index contributed by atoms with van der Waals surface area (Å²) in [7, 11) is 0. The molecule has 0 bridgehead atoms. The first-order valence-electron chi connectivity index (χ1n) is 9.84. The fourth-order valence-corrected chi connectivity index (χ4v) is 3.80. The summed E-state index contributed by atoms with van der Waals surface area (Å²) < 4.78 is 0. The molecule has 0 radical (unpaired) electrons. The van der Waals surface area contributed by atoms with Crippen LogP contribution >= 0.6 is 0 Å². The Bertz CT molecular complexity index is 996. The molecule has 4 heteroatoms. The van der Waals surface area contributed by atoms with Crippen LogP contribution in [0.4, 0.5) is 17.1 Å². The van der Waals surface area contributed by atoms with Crippen molar-refractivity contribution in [3.8, 4) is 0 Å². The number of nitrogens with zero attached hydrogens (tertiary/aromatic N) is 2. The molecule has 0 spiro atoms. The SMILES string of the molecule is CC(C)c1ccccc1Nc1cncc(C(=O)N2CCCc3ccccc32)c1. The number of benzene rings is 2. The average Bonchev–Trinajstić information content (AvgIpc) is 2.73. The Kier molecular flexibility index (Phi) is 5.11. The molecule has 4 rings (SSSR count). The van der Waals surface area contributed by atoms with Gasteiger partial charge in [-0.2, -0.15) is 0 Å². The van der Waals surface area contributed by atoms with E-state index in [0.29, 0.717) is 11.5 Å². The summed E-state index contributed by atoms with van der Waals surface area (Å²) in [5.41, 5.74) is 5.96. The summed E-state index contributed by atoms with van der Waals surface area (Å²) in [6.45, 7) is 5.09. The van der Waals surface area contributed by atoms with Gasteiger partial charge >= 0.3 is 0 Å². The highest BCUT2D eigenvalue weighted by Crippen LogP contribution is 2.30. The van der Waals surface area contributed by atoms with E-state index >= 15 is 0 Å². The largest absolute Gasteiger partial charge is 0.354 e. The Morgan fingerprint density at radius 2 is 1.86 bits per heavy atom. The first-order chi connectivity index (χ1) is 13.6. The third-order valence-electron chi connectivity index (χ3n) is 5.20. The number of para-hydroxylation sites is 2. The summed E-state index contributed by atoms with van der Waals surface area (Å²) >= 11 is 0. The van der Waals surface area contributed by atoms with Gasteiger partial charge in [-0.15, -0.1) is 0 Å². The van der Waals surface area contributed by atoms with Gasteiger partial charge < -0.3 is 10.2 Å². The number of nitrogens with one attached hydrogen (secondary N) is 1. The predicted molar refractivity (Wildman–Crippen MR) is 114 cm³/mol. The molecule has 2 aromatic carbocycles. The van der Waals surface area contributed by atoms with Gasteiger partial charge in [0.25, 0.3) is 5.91 Å². The highest BCUT2D eigenvalue weighted by atomic mass is 16.2. The molecule has 1 aliphatic heterocycles. The predicted octanol–water partition coefficient (Wildman–Crippen LogP) is 5.54. The molecule has 1 aliphatic rings. The Hall–Kier alpha value is -3.14. The summed E-state index contributed by atoms with van der Waals surface area (Å²) in [6.07, 6.45) is 5.42. The minimum atomic E-state index is 0.000412. The molecule has 28 heavy (non-hydrogen) atoms. The fraction of sp³-hybridized carbons (Fsp3) is 0.250. The van der Waals surface area contributed by atoms with Crippen LogP contribution in [0.5, 0.6) is 0 Å². The van der Waals surface area contributed by atoms with E-state index < -0.39 is 0 Å². The van der Waals surface area contributed by atoms with E-state index in [1.807, 2.05) is 41.3 Å². The maximum Gasteiger partial charge on any atom is 0.259 e. The van der Waals surface area contributed by atoms with Gasteiger partial charge in [-0.3, -0.25) is 9.78 Å². The topological polar surface area (TPSA) is 45.2 Å². The van der Waals surface area contributed by atoms with Crippen LogP contribution in [-0.2, 0) is 6.42 Å². The Morgan fingerprint density at radius 1 is 1.07 bits per heavy atom. The van der Waals surface area contributed by atoms with Gasteiger partial charge in [0.05, 0.1) is 17.4 Å². The summed E-state index contributed by atoms with van der Waals surface area (Å²) in [5.74, 6) is 0.409. The molecule has 1 amide bonds. The second kappa shape index (κ2) is 7.85. The van der Waals surface area contributed by atoms with Crippen LogP contribution in [0.3, 0.4) is 0 Å². The number of aromatic nitrogens is 1. The number of carbonyl (C=O) groups is 1. The molecule has 0 atom stereocenters. The average molecular weight is 371 g/mol. The lowest BCUT2D eigenvalue weighted by Crippen LogP contribution is -2.35. The number of anilines is 3. The van der Waals surface area contributed by atoms with Crippen molar-refractivity contribution in [1.82, 2.24) is 4.98 Å². The van der Waals surface area contributed by atoms with Crippen LogP contribution < -0.4 is 10.2 Å². The molecule has 1 aromatic heterocycles. The third-order valence-corrected chi connectivity index (χ3v) is 5.20. The quantitative estimate of drug-likeness (QED) is 0.655. The van der Waals surface area contributed by atoms with Crippen LogP contribution in [0, 0.1) is 0 Å². The number of carbonyl (C=O) groups excluding carboxylic acids is 1. The standard InChI is InChI=1S/C24H25N3O/c1-17(2)21-10-4-5-11-22(21)26-20-14-19(15-25-16-20)24(28)27-13-7-9-18-8-3-6-12-23(18)27/h3-6,8,10-12,14-17,26H,7,9,13H2,1-2H3. The molecule has 0 fully saturated rings. The Morgan fingerprint density at radius 3 is 2.71 bits per heavy atom. The Balaban J connectivity index is 1.61. The highest BCUT2D eigenvalue weighted by Gasteiger charge is 2.23. The lowest BCUT2D eigenvalue weighted by Gasteiger charge is -2.29. The van der Waals surface area contributed by atoms with Crippen molar-refractivity contribution in [3.05, 3.63) is 83.7 Å². The van der Waals surface area contributed by atoms with Gasteiger partial charge in [0, 0.05) is 24.1 Å².